The van der Waals surface area contributed by atoms with E-state index in [1.165, 1.54) is 0 Å². The number of hydrogen-bond donors (Lipinski definition) is 4. The molecule has 0 radical (unpaired) electrons. The Bertz CT molecular complexity index is 486. The van der Waals surface area contributed by atoms with Crippen molar-refractivity contribution in [1.29, 1.82) is 0 Å². The van der Waals surface area contributed by atoms with E-state index in [4.69, 9.17) is 5.73 Å². The first kappa shape index (κ1) is 14.3. The standard InChI is InChI=1S/C14H19N3O3/c15-13(19)17-11(10-5-2-1-3-6-10)12(18)16-9-14(20)7-4-8-14/h1-3,5-6,11,20H,4,7-9H2,(H,16,18)(H3,15,17,19). The van der Waals surface area contributed by atoms with Crippen LogP contribution in [0.15, 0.2) is 30.3 Å². The lowest BCUT2D eigenvalue weighted by Crippen LogP contribution is -2.50. The molecule has 3 amide bonds. The maximum Gasteiger partial charge on any atom is 0.313 e. The van der Waals surface area contributed by atoms with Gasteiger partial charge in [-0.2, -0.15) is 0 Å². The highest BCUT2D eigenvalue weighted by Gasteiger charge is 2.35. The van der Waals surface area contributed by atoms with Gasteiger partial charge in [0, 0.05) is 6.54 Å². The second kappa shape index (κ2) is 5.92. The molecule has 6 nitrogen and oxygen atoms in total. The van der Waals surface area contributed by atoms with E-state index in [1.54, 1.807) is 24.3 Å². The Morgan fingerprint density at radius 2 is 1.95 bits per heavy atom. The summed E-state index contributed by atoms with van der Waals surface area (Å²) in [6, 6.07) is 7.22. The molecule has 0 heterocycles. The summed E-state index contributed by atoms with van der Waals surface area (Å²) in [6.07, 6.45) is 2.34. The van der Waals surface area contributed by atoms with Crippen LogP contribution in [0.4, 0.5) is 4.79 Å². The summed E-state index contributed by atoms with van der Waals surface area (Å²) in [5, 5.41) is 15.0. The van der Waals surface area contributed by atoms with E-state index in [0.717, 1.165) is 6.42 Å². The lowest BCUT2D eigenvalue weighted by Gasteiger charge is -2.36. The number of nitrogens with one attached hydrogen (secondary N) is 2. The average molecular weight is 277 g/mol. The summed E-state index contributed by atoms with van der Waals surface area (Å²) in [6.45, 7) is 0.190. The molecule has 1 aliphatic carbocycles. The van der Waals surface area contributed by atoms with Gasteiger partial charge in [0.15, 0.2) is 0 Å². The third-order valence-electron chi connectivity index (χ3n) is 3.56. The fraction of sp³-hybridized carbons (Fsp3) is 0.429. The molecule has 108 valence electrons. The summed E-state index contributed by atoms with van der Waals surface area (Å²) < 4.78 is 0. The summed E-state index contributed by atoms with van der Waals surface area (Å²) in [7, 11) is 0. The molecule has 0 saturated heterocycles. The minimum absolute atomic E-state index is 0.190. The molecule has 1 aliphatic rings. The van der Waals surface area contributed by atoms with Crippen molar-refractivity contribution in [2.45, 2.75) is 30.9 Å². The van der Waals surface area contributed by atoms with Gasteiger partial charge in [-0.3, -0.25) is 4.79 Å². The Morgan fingerprint density at radius 3 is 2.45 bits per heavy atom. The largest absolute Gasteiger partial charge is 0.388 e. The van der Waals surface area contributed by atoms with E-state index in [9.17, 15) is 14.7 Å². The van der Waals surface area contributed by atoms with Gasteiger partial charge in [0.2, 0.25) is 5.91 Å². The number of nitrogens with two attached hydrogens (primary N) is 1. The Morgan fingerprint density at radius 1 is 1.30 bits per heavy atom. The predicted octanol–water partition coefficient (Wildman–Crippen LogP) is 0.427. The van der Waals surface area contributed by atoms with Crippen LogP contribution < -0.4 is 16.4 Å². The van der Waals surface area contributed by atoms with Crippen molar-refractivity contribution in [3.8, 4) is 0 Å². The second-order valence-corrected chi connectivity index (χ2v) is 5.15. The number of carbonyl (C=O) groups is 2. The van der Waals surface area contributed by atoms with E-state index in [0.29, 0.717) is 18.4 Å². The quantitative estimate of drug-likeness (QED) is 0.627. The van der Waals surface area contributed by atoms with Gasteiger partial charge in [-0.15, -0.1) is 0 Å². The first-order valence-electron chi connectivity index (χ1n) is 6.61. The molecular formula is C14H19N3O3. The van der Waals surface area contributed by atoms with Crippen molar-refractivity contribution in [2.75, 3.05) is 6.54 Å². The van der Waals surface area contributed by atoms with E-state index >= 15 is 0 Å². The highest BCUT2D eigenvalue weighted by Crippen LogP contribution is 2.30. The zero-order chi connectivity index (χ0) is 14.6. The molecular weight excluding hydrogens is 258 g/mol. The van der Waals surface area contributed by atoms with Gasteiger partial charge in [0.05, 0.1) is 5.60 Å². The Kier molecular flexibility index (Phi) is 4.24. The molecule has 0 bridgehead atoms. The highest BCUT2D eigenvalue weighted by molar-refractivity contribution is 5.87. The number of amides is 3. The molecule has 1 saturated carbocycles. The van der Waals surface area contributed by atoms with Gasteiger partial charge < -0.3 is 21.5 Å². The summed E-state index contributed by atoms with van der Waals surface area (Å²) in [5.41, 5.74) is 4.95. The number of aliphatic hydroxyl groups is 1. The van der Waals surface area contributed by atoms with Crippen molar-refractivity contribution < 1.29 is 14.7 Å². The van der Waals surface area contributed by atoms with E-state index in [2.05, 4.69) is 10.6 Å². The van der Waals surface area contributed by atoms with Gasteiger partial charge in [-0.25, -0.2) is 4.79 Å². The number of hydrogen-bond acceptors (Lipinski definition) is 3. The molecule has 0 spiro atoms. The molecule has 0 aromatic heterocycles. The normalized spacial score (nSPS) is 17.6. The van der Waals surface area contributed by atoms with Crippen molar-refractivity contribution in [1.82, 2.24) is 10.6 Å². The summed E-state index contributed by atoms with van der Waals surface area (Å²) >= 11 is 0. The maximum absolute atomic E-state index is 12.2. The fourth-order valence-corrected chi connectivity index (χ4v) is 2.20. The second-order valence-electron chi connectivity index (χ2n) is 5.15. The maximum atomic E-state index is 12.2. The third-order valence-corrected chi connectivity index (χ3v) is 3.56. The first-order valence-corrected chi connectivity index (χ1v) is 6.61. The Labute approximate surface area is 117 Å². The lowest BCUT2D eigenvalue weighted by atomic mass is 9.80. The molecule has 2 rings (SSSR count). The van der Waals surface area contributed by atoms with Crippen LogP contribution in [0.25, 0.3) is 0 Å². The third kappa shape index (κ3) is 3.48. The first-order chi connectivity index (χ1) is 9.50. The molecule has 5 N–H and O–H groups in total. The molecule has 6 heteroatoms. The van der Waals surface area contributed by atoms with Gasteiger partial charge in [-0.1, -0.05) is 30.3 Å². The van der Waals surface area contributed by atoms with E-state index < -0.39 is 17.7 Å². The number of primary amides is 1. The van der Waals surface area contributed by atoms with E-state index in [1.807, 2.05) is 6.07 Å². The lowest BCUT2D eigenvalue weighted by molar-refractivity contribution is -0.125. The molecule has 1 atom stereocenters. The Balaban J connectivity index is 2.02. The Hall–Kier alpha value is -2.08. The molecule has 1 fully saturated rings. The summed E-state index contributed by atoms with van der Waals surface area (Å²) in [5.74, 6) is -0.379. The molecule has 1 aromatic carbocycles. The fourth-order valence-electron chi connectivity index (χ4n) is 2.20. The molecule has 0 aliphatic heterocycles. The van der Waals surface area contributed by atoms with Crippen LogP contribution in [0.3, 0.4) is 0 Å². The van der Waals surface area contributed by atoms with Gasteiger partial charge in [0.25, 0.3) is 0 Å². The minimum atomic E-state index is -0.850. The van der Waals surface area contributed by atoms with Crippen molar-refractivity contribution in [3.05, 3.63) is 35.9 Å². The highest BCUT2D eigenvalue weighted by atomic mass is 16.3. The number of urea groups is 1. The molecule has 20 heavy (non-hydrogen) atoms. The van der Waals surface area contributed by atoms with Crippen LogP contribution in [0.5, 0.6) is 0 Å². The van der Waals surface area contributed by atoms with Crippen molar-refractivity contribution in [3.63, 3.8) is 0 Å². The van der Waals surface area contributed by atoms with Crippen LogP contribution in [0.1, 0.15) is 30.9 Å². The monoisotopic (exact) mass is 277 g/mol. The predicted molar refractivity (Wildman–Crippen MR) is 73.7 cm³/mol. The topological polar surface area (TPSA) is 104 Å². The number of carbonyl (C=O) groups excluding carboxylic acids is 2. The number of rotatable bonds is 5. The van der Waals surface area contributed by atoms with Crippen LogP contribution in [0, 0.1) is 0 Å². The zero-order valence-corrected chi connectivity index (χ0v) is 11.1. The van der Waals surface area contributed by atoms with Gasteiger partial charge >= 0.3 is 6.03 Å². The van der Waals surface area contributed by atoms with Gasteiger partial charge in [-0.05, 0) is 24.8 Å². The van der Waals surface area contributed by atoms with Crippen LogP contribution >= 0.6 is 0 Å². The van der Waals surface area contributed by atoms with E-state index in [-0.39, 0.29) is 12.5 Å². The molecule has 1 aromatic rings. The minimum Gasteiger partial charge on any atom is -0.388 e. The van der Waals surface area contributed by atoms with Crippen LogP contribution in [0.2, 0.25) is 0 Å². The van der Waals surface area contributed by atoms with Crippen molar-refractivity contribution in [2.24, 2.45) is 5.73 Å². The van der Waals surface area contributed by atoms with Crippen molar-refractivity contribution >= 4 is 11.9 Å². The average Bonchev–Trinajstić information content (AvgIpc) is 2.41. The SMILES string of the molecule is NC(=O)NC(C(=O)NCC1(O)CCC1)c1ccccc1. The number of benzene rings is 1. The van der Waals surface area contributed by atoms with Crippen LogP contribution in [-0.4, -0.2) is 29.2 Å². The van der Waals surface area contributed by atoms with Crippen LogP contribution in [-0.2, 0) is 4.79 Å². The van der Waals surface area contributed by atoms with Gasteiger partial charge in [0.1, 0.15) is 6.04 Å². The smallest absolute Gasteiger partial charge is 0.313 e. The summed E-state index contributed by atoms with van der Waals surface area (Å²) in [4.78, 5) is 23.2. The zero-order valence-electron chi connectivity index (χ0n) is 11.1. The molecule has 1 unspecified atom stereocenters.